The van der Waals surface area contributed by atoms with Crippen molar-refractivity contribution in [3.05, 3.63) is 27.7 Å². The molecule has 0 atom stereocenters. The summed E-state index contributed by atoms with van der Waals surface area (Å²) in [5, 5.41) is 3.01. The van der Waals surface area contributed by atoms with Gasteiger partial charge in [0.05, 0.1) is 12.3 Å². The lowest BCUT2D eigenvalue weighted by Gasteiger charge is -2.34. The first-order chi connectivity index (χ1) is 14.9. The summed E-state index contributed by atoms with van der Waals surface area (Å²) in [6.07, 6.45) is 10.2. The third-order valence-electron chi connectivity index (χ3n) is 6.01. The first-order valence-electron chi connectivity index (χ1n) is 11.7. The number of carbonyl (C=O) groups is 2. The lowest BCUT2D eigenvalue weighted by atomic mass is 9.93. The van der Waals surface area contributed by atoms with Gasteiger partial charge in [-0.25, -0.2) is 0 Å². The molecule has 1 aliphatic rings. The highest BCUT2D eigenvalue weighted by Gasteiger charge is 2.21. The monoisotopic (exact) mass is 495 g/mol. The standard InChI is InChI=1S/C24H38BrN3O3/c1-3-28(21-11-7-6-8-12-21)17-20-15-19(16-22(25)23(20)26)24(30)27-13-9-4-5-10-14-31-18(2)29/h15-16,21H,3-14,17,26H2,1-2H3,(H,27,30). The van der Waals surface area contributed by atoms with Gasteiger partial charge in [0.1, 0.15) is 0 Å². The number of hydrogen-bond acceptors (Lipinski definition) is 5. The fraction of sp³-hybridized carbons (Fsp3) is 0.667. The highest BCUT2D eigenvalue weighted by molar-refractivity contribution is 9.10. The molecule has 0 spiro atoms. The summed E-state index contributed by atoms with van der Waals surface area (Å²) < 4.78 is 5.70. The lowest BCUT2D eigenvalue weighted by molar-refractivity contribution is -0.141. The van der Waals surface area contributed by atoms with Crippen LogP contribution >= 0.6 is 15.9 Å². The van der Waals surface area contributed by atoms with Crippen LogP contribution < -0.4 is 11.1 Å². The second kappa shape index (κ2) is 13.7. The van der Waals surface area contributed by atoms with Gasteiger partial charge in [-0.05, 0) is 72.3 Å². The number of carbonyl (C=O) groups excluding carboxylic acids is 2. The van der Waals surface area contributed by atoms with Crippen LogP contribution in [0.1, 0.15) is 87.6 Å². The van der Waals surface area contributed by atoms with E-state index in [0.29, 0.717) is 24.8 Å². The highest BCUT2D eigenvalue weighted by atomic mass is 79.9. The molecule has 3 N–H and O–H groups in total. The Morgan fingerprint density at radius 3 is 2.55 bits per heavy atom. The van der Waals surface area contributed by atoms with E-state index in [1.807, 2.05) is 12.1 Å². The molecule has 7 heteroatoms. The number of anilines is 1. The maximum Gasteiger partial charge on any atom is 0.302 e. The van der Waals surface area contributed by atoms with Crippen LogP contribution in [0.2, 0.25) is 0 Å². The zero-order chi connectivity index (χ0) is 22.6. The molecular weight excluding hydrogens is 458 g/mol. The summed E-state index contributed by atoms with van der Waals surface area (Å²) in [6, 6.07) is 4.36. The van der Waals surface area contributed by atoms with Crippen LogP contribution in [0.5, 0.6) is 0 Å². The number of esters is 1. The van der Waals surface area contributed by atoms with Crippen LogP contribution in [0.3, 0.4) is 0 Å². The van der Waals surface area contributed by atoms with E-state index >= 15 is 0 Å². The van der Waals surface area contributed by atoms with Crippen LogP contribution in [0, 0.1) is 0 Å². The average Bonchev–Trinajstić information content (AvgIpc) is 2.76. The summed E-state index contributed by atoms with van der Waals surface area (Å²) in [5.74, 6) is -0.301. The summed E-state index contributed by atoms with van der Waals surface area (Å²) in [4.78, 5) is 25.9. The third-order valence-corrected chi connectivity index (χ3v) is 6.67. The van der Waals surface area contributed by atoms with Crippen molar-refractivity contribution in [2.75, 3.05) is 25.4 Å². The van der Waals surface area contributed by atoms with E-state index in [4.69, 9.17) is 10.5 Å². The molecule has 1 fully saturated rings. The molecule has 0 aromatic heterocycles. The van der Waals surface area contributed by atoms with E-state index in [9.17, 15) is 9.59 Å². The van der Waals surface area contributed by atoms with Gasteiger partial charge in [-0.15, -0.1) is 0 Å². The van der Waals surface area contributed by atoms with E-state index < -0.39 is 0 Å². The van der Waals surface area contributed by atoms with E-state index in [1.165, 1.54) is 39.0 Å². The predicted molar refractivity (Wildman–Crippen MR) is 129 cm³/mol. The van der Waals surface area contributed by atoms with Crippen molar-refractivity contribution < 1.29 is 14.3 Å². The Bertz CT molecular complexity index is 720. The van der Waals surface area contributed by atoms with Crippen molar-refractivity contribution in [3.63, 3.8) is 0 Å². The fourth-order valence-corrected chi connectivity index (χ4v) is 4.70. The Morgan fingerprint density at radius 2 is 1.87 bits per heavy atom. The normalized spacial score (nSPS) is 14.6. The minimum atomic E-state index is -0.234. The van der Waals surface area contributed by atoms with E-state index in [0.717, 1.165) is 54.5 Å². The largest absolute Gasteiger partial charge is 0.466 e. The van der Waals surface area contributed by atoms with Gasteiger partial charge in [-0.1, -0.05) is 32.6 Å². The molecular formula is C24H38BrN3O3. The Morgan fingerprint density at radius 1 is 1.16 bits per heavy atom. The molecule has 0 saturated heterocycles. The smallest absolute Gasteiger partial charge is 0.302 e. The Balaban J connectivity index is 1.86. The number of amides is 1. The molecule has 0 bridgehead atoms. The topological polar surface area (TPSA) is 84.7 Å². The molecule has 2 rings (SSSR count). The highest BCUT2D eigenvalue weighted by Crippen LogP contribution is 2.29. The maximum absolute atomic E-state index is 12.7. The van der Waals surface area contributed by atoms with E-state index in [-0.39, 0.29) is 11.9 Å². The van der Waals surface area contributed by atoms with Gasteiger partial charge in [0.2, 0.25) is 0 Å². The zero-order valence-corrected chi connectivity index (χ0v) is 20.6. The fourth-order valence-electron chi connectivity index (χ4n) is 4.20. The minimum Gasteiger partial charge on any atom is -0.466 e. The summed E-state index contributed by atoms with van der Waals surface area (Å²) in [5.41, 5.74) is 8.72. The number of nitrogens with two attached hydrogens (primary N) is 1. The van der Waals surface area contributed by atoms with E-state index in [1.54, 1.807) is 0 Å². The molecule has 6 nitrogen and oxygen atoms in total. The van der Waals surface area contributed by atoms with Gasteiger partial charge >= 0.3 is 5.97 Å². The molecule has 1 amide bonds. The number of nitrogens with zero attached hydrogens (tertiary/aromatic N) is 1. The van der Waals surface area contributed by atoms with Crippen LogP contribution in [0.15, 0.2) is 16.6 Å². The molecule has 0 aliphatic heterocycles. The predicted octanol–water partition coefficient (Wildman–Crippen LogP) is 5.04. The Kier molecular flexibility index (Phi) is 11.4. The third kappa shape index (κ3) is 8.81. The zero-order valence-electron chi connectivity index (χ0n) is 19.1. The molecule has 1 aliphatic carbocycles. The summed E-state index contributed by atoms with van der Waals surface area (Å²) in [6.45, 7) is 6.48. The molecule has 174 valence electrons. The van der Waals surface area contributed by atoms with Crippen molar-refractivity contribution in [2.24, 2.45) is 0 Å². The molecule has 0 heterocycles. The Hall–Kier alpha value is -1.60. The number of nitrogen functional groups attached to an aromatic ring is 1. The van der Waals surface area contributed by atoms with Crippen molar-refractivity contribution in [2.45, 2.75) is 84.2 Å². The van der Waals surface area contributed by atoms with Gasteiger partial charge in [0.25, 0.3) is 5.91 Å². The van der Waals surface area contributed by atoms with Crippen molar-refractivity contribution >= 4 is 33.5 Å². The SMILES string of the molecule is CCN(Cc1cc(C(=O)NCCCCCCOC(C)=O)cc(Br)c1N)C1CCCCC1. The van der Waals surface area contributed by atoms with Crippen LogP contribution in [-0.2, 0) is 16.1 Å². The van der Waals surface area contributed by atoms with Gasteiger partial charge in [0.15, 0.2) is 0 Å². The average molecular weight is 496 g/mol. The van der Waals surface area contributed by atoms with Gasteiger partial charge in [-0.3, -0.25) is 14.5 Å². The van der Waals surface area contributed by atoms with Crippen molar-refractivity contribution in [3.8, 4) is 0 Å². The number of rotatable bonds is 12. The number of unbranched alkanes of at least 4 members (excludes halogenated alkanes) is 3. The number of benzene rings is 1. The summed E-state index contributed by atoms with van der Waals surface area (Å²) >= 11 is 3.54. The Labute approximate surface area is 195 Å². The van der Waals surface area contributed by atoms with Gasteiger partial charge < -0.3 is 15.8 Å². The molecule has 1 aromatic rings. The molecule has 0 unspecified atom stereocenters. The van der Waals surface area contributed by atoms with Crippen molar-refractivity contribution in [1.29, 1.82) is 0 Å². The first kappa shape index (κ1) is 25.7. The lowest BCUT2D eigenvalue weighted by Crippen LogP contribution is -2.36. The number of nitrogens with one attached hydrogen (secondary N) is 1. The van der Waals surface area contributed by atoms with Crippen molar-refractivity contribution in [1.82, 2.24) is 10.2 Å². The molecule has 1 aromatic carbocycles. The number of ether oxygens (including phenoxy) is 1. The molecule has 1 saturated carbocycles. The second-order valence-electron chi connectivity index (χ2n) is 8.40. The number of hydrogen-bond donors (Lipinski definition) is 2. The first-order valence-corrected chi connectivity index (χ1v) is 12.4. The van der Waals surface area contributed by atoms with Crippen LogP contribution in [0.25, 0.3) is 0 Å². The van der Waals surface area contributed by atoms with Crippen LogP contribution in [-0.4, -0.2) is 42.5 Å². The van der Waals surface area contributed by atoms with Crippen LogP contribution in [0.4, 0.5) is 5.69 Å². The second-order valence-corrected chi connectivity index (χ2v) is 9.25. The van der Waals surface area contributed by atoms with Gasteiger partial charge in [-0.2, -0.15) is 0 Å². The minimum absolute atomic E-state index is 0.0671. The number of halogens is 1. The molecule has 31 heavy (non-hydrogen) atoms. The van der Waals surface area contributed by atoms with Gasteiger partial charge in [0, 0.05) is 36.1 Å². The maximum atomic E-state index is 12.7. The molecule has 0 radical (unpaired) electrons. The quantitative estimate of drug-likeness (QED) is 0.241. The van der Waals surface area contributed by atoms with E-state index in [2.05, 4.69) is 33.1 Å². The summed E-state index contributed by atoms with van der Waals surface area (Å²) in [7, 11) is 0.